The lowest BCUT2D eigenvalue weighted by atomic mass is 10.3. The van der Waals surface area contributed by atoms with E-state index in [1.807, 2.05) is 6.92 Å². The number of aromatic nitrogens is 2. The van der Waals surface area contributed by atoms with Gasteiger partial charge in [-0.2, -0.15) is 5.10 Å². The normalized spacial score (nSPS) is 10.8. The summed E-state index contributed by atoms with van der Waals surface area (Å²) in [6, 6.07) is 0. The van der Waals surface area contributed by atoms with Gasteiger partial charge in [-0.05, 0) is 19.8 Å². The Labute approximate surface area is 124 Å². The van der Waals surface area contributed by atoms with E-state index in [0.29, 0.717) is 44.4 Å². The van der Waals surface area contributed by atoms with Crippen molar-refractivity contribution in [3.8, 4) is 0 Å². The molecule has 1 N–H and O–H groups in total. The second-order valence-corrected chi connectivity index (χ2v) is 4.65. The van der Waals surface area contributed by atoms with E-state index >= 15 is 0 Å². The number of nitrogens with one attached hydrogen (secondary N) is 1. The molecule has 0 aliphatic carbocycles. The van der Waals surface area contributed by atoms with Gasteiger partial charge in [0.15, 0.2) is 0 Å². The third kappa shape index (κ3) is 5.31. The molecule has 0 aliphatic rings. The van der Waals surface area contributed by atoms with Crippen molar-refractivity contribution in [2.24, 2.45) is 0 Å². The van der Waals surface area contributed by atoms with E-state index < -0.39 is 0 Å². The van der Waals surface area contributed by atoms with Gasteiger partial charge in [-0.1, -0.05) is 6.92 Å². The minimum Gasteiger partial charge on any atom is -0.382 e. The van der Waals surface area contributed by atoms with Crippen LogP contribution in [0.25, 0.3) is 0 Å². The zero-order chi connectivity index (χ0) is 15.7. The van der Waals surface area contributed by atoms with Crippen molar-refractivity contribution in [2.45, 2.75) is 33.2 Å². The van der Waals surface area contributed by atoms with E-state index in [4.69, 9.17) is 9.47 Å². The van der Waals surface area contributed by atoms with Crippen molar-refractivity contribution in [1.29, 1.82) is 0 Å². The summed E-state index contributed by atoms with van der Waals surface area (Å²) >= 11 is 0. The molecular formula is C13H24N4O4. The first-order valence-electron chi connectivity index (χ1n) is 7.14. The van der Waals surface area contributed by atoms with Crippen molar-refractivity contribution < 1.29 is 14.4 Å². The number of anilines is 1. The number of rotatable bonds is 11. The van der Waals surface area contributed by atoms with Crippen LogP contribution in [0.15, 0.2) is 0 Å². The largest absolute Gasteiger partial charge is 0.382 e. The van der Waals surface area contributed by atoms with Crippen LogP contribution in [-0.2, 0) is 16.0 Å². The monoisotopic (exact) mass is 300 g/mol. The zero-order valence-corrected chi connectivity index (χ0v) is 12.9. The standard InChI is InChI=1S/C13H24N4O4/c1-4-7-16-13(12(17(18)19)11(2)15-16)14-6-5-8-21-10-9-20-3/h14H,4-10H2,1-3H3. The number of hydrogen-bond acceptors (Lipinski definition) is 6. The predicted octanol–water partition coefficient (Wildman–Crippen LogP) is 1.97. The number of nitro groups is 1. The molecule has 0 fully saturated rings. The van der Waals surface area contributed by atoms with Crippen molar-refractivity contribution in [3.63, 3.8) is 0 Å². The highest BCUT2D eigenvalue weighted by molar-refractivity contribution is 5.59. The van der Waals surface area contributed by atoms with Crippen LogP contribution < -0.4 is 5.32 Å². The number of aryl methyl sites for hydroxylation is 2. The van der Waals surface area contributed by atoms with E-state index in [2.05, 4.69) is 10.4 Å². The summed E-state index contributed by atoms with van der Waals surface area (Å²) in [5, 5.41) is 18.5. The molecule has 0 bridgehead atoms. The SMILES string of the molecule is CCCn1nc(C)c([N+](=O)[O-])c1NCCCOCCOC. The van der Waals surface area contributed by atoms with Gasteiger partial charge in [0.25, 0.3) is 0 Å². The van der Waals surface area contributed by atoms with Crippen LogP contribution in [0.3, 0.4) is 0 Å². The summed E-state index contributed by atoms with van der Waals surface area (Å²) in [4.78, 5) is 10.8. The fraction of sp³-hybridized carbons (Fsp3) is 0.769. The van der Waals surface area contributed by atoms with Crippen LogP contribution in [0.1, 0.15) is 25.5 Å². The molecule has 0 amide bonds. The van der Waals surface area contributed by atoms with Gasteiger partial charge in [0.1, 0.15) is 5.69 Å². The van der Waals surface area contributed by atoms with Gasteiger partial charge in [0.2, 0.25) is 5.82 Å². The second-order valence-electron chi connectivity index (χ2n) is 4.65. The minimum atomic E-state index is -0.383. The maximum atomic E-state index is 11.1. The molecule has 0 spiro atoms. The molecule has 1 rings (SSSR count). The quantitative estimate of drug-likeness (QED) is 0.381. The van der Waals surface area contributed by atoms with Gasteiger partial charge < -0.3 is 14.8 Å². The molecule has 8 heteroatoms. The van der Waals surface area contributed by atoms with Gasteiger partial charge in [-0.15, -0.1) is 0 Å². The number of hydrogen-bond donors (Lipinski definition) is 1. The summed E-state index contributed by atoms with van der Waals surface area (Å²) < 4.78 is 11.9. The molecule has 0 unspecified atom stereocenters. The first-order valence-corrected chi connectivity index (χ1v) is 7.14. The molecule has 1 heterocycles. The van der Waals surface area contributed by atoms with Gasteiger partial charge in [0, 0.05) is 26.8 Å². The van der Waals surface area contributed by atoms with Crippen LogP contribution in [0.2, 0.25) is 0 Å². The highest BCUT2D eigenvalue weighted by Gasteiger charge is 2.24. The third-order valence-corrected chi connectivity index (χ3v) is 2.90. The van der Waals surface area contributed by atoms with E-state index in [-0.39, 0.29) is 10.6 Å². The van der Waals surface area contributed by atoms with Crippen molar-refractivity contribution in [2.75, 3.05) is 38.8 Å². The smallest absolute Gasteiger partial charge is 0.333 e. The Morgan fingerprint density at radius 3 is 2.76 bits per heavy atom. The molecule has 0 radical (unpaired) electrons. The van der Waals surface area contributed by atoms with Crippen LogP contribution in [0.5, 0.6) is 0 Å². The summed E-state index contributed by atoms with van der Waals surface area (Å²) in [5.74, 6) is 0.483. The number of methoxy groups -OCH3 is 1. The lowest BCUT2D eigenvalue weighted by Gasteiger charge is -2.08. The Bertz CT molecular complexity index is 448. The molecule has 0 aliphatic heterocycles. The van der Waals surface area contributed by atoms with Gasteiger partial charge in [0.05, 0.1) is 18.1 Å². The Balaban J connectivity index is 2.54. The fourth-order valence-corrected chi connectivity index (χ4v) is 1.96. The lowest BCUT2D eigenvalue weighted by Crippen LogP contribution is -2.12. The van der Waals surface area contributed by atoms with Crippen LogP contribution in [-0.4, -0.2) is 48.2 Å². The highest BCUT2D eigenvalue weighted by atomic mass is 16.6. The Hall–Kier alpha value is -1.67. The van der Waals surface area contributed by atoms with Crippen LogP contribution in [0.4, 0.5) is 11.5 Å². The topological polar surface area (TPSA) is 91.5 Å². The second kappa shape index (κ2) is 9.30. The molecular weight excluding hydrogens is 276 g/mol. The summed E-state index contributed by atoms with van der Waals surface area (Å²) in [6.45, 7) is 6.64. The van der Waals surface area contributed by atoms with Gasteiger partial charge in [-0.3, -0.25) is 10.1 Å². The Kier molecular flexibility index (Phi) is 7.70. The molecule has 8 nitrogen and oxygen atoms in total. The lowest BCUT2D eigenvalue weighted by molar-refractivity contribution is -0.384. The molecule has 0 saturated carbocycles. The fourth-order valence-electron chi connectivity index (χ4n) is 1.96. The maximum Gasteiger partial charge on any atom is 0.333 e. The van der Waals surface area contributed by atoms with E-state index in [1.54, 1.807) is 18.7 Å². The first kappa shape index (κ1) is 17.4. The molecule has 120 valence electrons. The summed E-state index contributed by atoms with van der Waals surface area (Å²) in [7, 11) is 1.63. The molecule has 0 saturated heterocycles. The van der Waals surface area contributed by atoms with Crippen molar-refractivity contribution in [3.05, 3.63) is 15.8 Å². The molecule has 0 aromatic carbocycles. The molecule has 0 atom stereocenters. The summed E-state index contributed by atoms with van der Waals surface area (Å²) in [6.07, 6.45) is 1.63. The van der Waals surface area contributed by atoms with E-state index in [9.17, 15) is 10.1 Å². The van der Waals surface area contributed by atoms with Crippen LogP contribution >= 0.6 is 0 Å². The summed E-state index contributed by atoms with van der Waals surface area (Å²) in [5.41, 5.74) is 0.496. The number of ether oxygens (including phenoxy) is 2. The molecule has 1 aromatic rings. The zero-order valence-electron chi connectivity index (χ0n) is 12.9. The molecule has 21 heavy (non-hydrogen) atoms. The average molecular weight is 300 g/mol. The maximum absolute atomic E-state index is 11.1. The predicted molar refractivity (Wildman–Crippen MR) is 79.7 cm³/mol. The van der Waals surface area contributed by atoms with E-state index in [0.717, 1.165) is 12.8 Å². The van der Waals surface area contributed by atoms with Crippen molar-refractivity contribution in [1.82, 2.24) is 9.78 Å². The first-order chi connectivity index (χ1) is 10.1. The van der Waals surface area contributed by atoms with Crippen molar-refractivity contribution >= 4 is 11.5 Å². The minimum absolute atomic E-state index is 0.0590. The third-order valence-electron chi connectivity index (χ3n) is 2.90. The average Bonchev–Trinajstić information content (AvgIpc) is 2.74. The van der Waals surface area contributed by atoms with E-state index in [1.165, 1.54) is 0 Å². The van der Waals surface area contributed by atoms with Gasteiger partial charge >= 0.3 is 5.69 Å². The molecule has 1 aromatic heterocycles. The van der Waals surface area contributed by atoms with Crippen LogP contribution in [0, 0.1) is 17.0 Å². The Morgan fingerprint density at radius 1 is 1.38 bits per heavy atom. The van der Waals surface area contributed by atoms with Gasteiger partial charge in [-0.25, -0.2) is 4.68 Å². The Morgan fingerprint density at radius 2 is 2.14 bits per heavy atom. The number of nitrogens with zero attached hydrogens (tertiary/aromatic N) is 3. The highest BCUT2D eigenvalue weighted by Crippen LogP contribution is 2.28.